The average Bonchev–Trinajstić information content (AvgIpc) is 3.24. The van der Waals surface area contributed by atoms with Crippen molar-refractivity contribution < 1.29 is 23.5 Å². The summed E-state index contributed by atoms with van der Waals surface area (Å²) in [6.07, 6.45) is 0. The Labute approximate surface area is 176 Å². The van der Waals surface area contributed by atoms with Crippen molar-refractivity contribution in [3.05, 3.63) is 87.4 Å². The van der Waals surface area contributed by atoms with Crippen molar-refractivity contribution in [3.8, 4) is 0 Å². The molecule has 1 unspecified atom stereocenters. The zero-order chi connectivity index (χ0) is 21.7. The van der Waals surface area contributed by atoms with E-state index >= 15 is 0 Å². The van der Waals surface area contributed by atoms with E-state index in [4.69, 9.17) is 0 Å². The van der Waals surface area contributed by atoms with Crippen LogP contribution in [0.2, 0.25) is 0 Å². The number of carbonyl (C=O) groups is 3. The van der Waals surface area contributed by atoms with Crippen molar-refractivity contribution in [1.29, 1.82) is 0 Å². The van der Waals surface area contributed by atoms with Crippen molar-refractivity contribution >= 4 is 34.8 Å². The number of amides is 2. The van der Waals surface area contributed by atoms with Crippen LogP contribution in [0.4, 0.5) is 10.1 Å². The van der Waals surface area contributed by atoms with E-state index in [1.54, 1.807) is 36.4 Å². The number of esters is 1. The van der Waals surface area contributed by atoms with E-state index in [0.29, 0.717) is 21.0 Å². The Morgan fingerprint density at radius 2 is 1.53 bits per heavy atom. The molecule has 0 radical (unpaired) electrons. The number of benzene rings is 2. The summed E-state index contributed by atoms with van der Waals surface area (Å²) in [5.74, 6) is -1.53. The Kier molecular flexibility index (Phi) is 6.58. The Balaban J connectivity index is 1.60. The van der Waals surface area contributed by atoms with Crippen LogP contribution in [0.25, 0.3) is 0 Å². The van der Waals surface area contributed by atoms with Crippen LogP contribution in [0, 0.1) is 5.82 Å². The largest absolute Gasteiger partial charge is 0.465 e. The fraction of sp³-hybridized carbons (Fsp3) is 0.136. The lowest BCUT2D eigenvalue weighted by Gasteiger charge is -2.14. The quantitative estimate of drug-likeness (QED) is 0.572. The number of carbonyl (C=O) groups excluding carboxylic acids is 3. The molecule has 0 spiro atoms. The first-order valence-corrected chi connectivity index (χ1v) is 9.85. The van der Waals surface area contributed by atoms with Crippen LogP contribution in [0.15, 0.2) is 60.7 Å². The summed E-state index contributed by atoms with van der Waals surface area (Å²) in [6, 6.07) is 15.1. The number of anilines is 1. The molecule has 0 aliphatic rings. The van der Waals surface area contributed by atoms with E-state index in [2.05, 4.69) is 15.4 Å². The van der Waals surface area contributed by atoms with Gasteiger partial charge in [-0.1, -0.05) is 12.1 Å². The molecule has 1 heterocycles. The van der Waals surface area contributed by atoms with Crippen LogP contribution in [0.3, 0.4) is 0 Å². The van der Waals surface area contributed by atoms with Crippen molar-refractivity contribution in [3.63, 3.8) is 0 Å². The van der Waals surface area contributed by atoms with Gasteiger partial charge in [0.2, 0.25) is 0 Å². The molecule has 0 bridgehead atoms. The van der Waals surface area contributed by atoms with Crippen LogP contribution in [0.1, 0.15) is 48.2 Å². The summed E-state index contributed by atoms with van der Waals surface area (Å²) in [4.78, 5) is 36.9. The number of hydrogen-bond acceptors (Lipinski definition) is 5. The van der Waals surface area contributed by atoms with E-state index in [-0.39, 0.29) is 17.9 Å². The molecule has 30 heavy (non-hydrogen) atoms. The molecule has 2 amide bonds. The molecule has 6 nitrogen and oxygen atoms in total. The molecule has 8 heteroatoms. The Morgan fingerprint density at radius 1 is 0.900 bits per heavy atom. The summed E-state index contributed by atoms with van der Waals surface area (Å²) in [7, 11) is 1.29. The molecule has 0 fully saturated rings. The van der Waals surface area contributed by atoms with Gasteiger partial charge in [-0.15, -0.1) is 11.3 Å². The molecule has 154 valence electrons. The summed E-state index contributed by atoms with van der Waals surface area (Å²) < 4.78 is 17.6. The van der Waals surface area contributed by atoms with Crippen LogP contribution >= 0.6 is 11.3 Å². The number of halogens is 1. The maximum absolute atomic E-state index is 13.0. The zero-order valence-electron chi connectivity index (χ0n) is 16.3. The van der Waals surface area contributed by atoms with Gasteiger partial charge < -0.3 is 15.4 Å². The first-order chi connectivity index (χ1) is 14.4. The number of ether oxygens (including phenoxy) is 1. The highest BCUT2D eigenvalue weighted by atomic mass is 32.1. The maximum atomic E-state index is 13.0. The number of nitrogens with one attached hydrogen (secondary N) is 2. The SMILES string of the molecule is COC(=O)c1ccc(C(=O)NC(C)c2ccc(NC(=O)c3ccc(F)cc3)cc2)s1. The van der Waals surface area contributed by atoms with Gasteiger partial charge in [0.1, 0.15) is 10.7 Å². The molecular formula is C22H19FN2O4S. The van der Waals surface area contributed by atoms with Gasteiger partial charge in [0.15, 0.2) is 0 Å². The third kappa shape index (κ3) is 5.09. The minimum atomic E-state index is -0.481. The molecule has 0 saturated heterocycles. The molecule has 0 saturated carbocycles. The highest BCUT2D eigenvalue weighted by Gasteiger charge is 2.16. The van der Waals surface area contributed by atoms with Crippen LogP contribution in [-0.2, 0) is 4.74 Å². The number of rotatable bonds is 6. The Bertz CT molecular complexity index is 1060. The number of thiophene rings is 1. The second-order valence-electron chi connectivity index (χ2n) is 6.43. The monoisotopic (exact) mass is 426 g/mol. The minimum Gasteiger partial charge on any atom is -0.465 e. The first kappa shape index (κ1) is 21.2. The van der Waals surface area contributed by atoms with Crippen molar-refractivity contribution in [2.45, 2.75) is 13.0 Å². The zero-order valence-corrected chi connectivity index (χ0v) is 17.1. The van der Waals surface area contributed by atoms with Gasteiger partial charge >= 0.3 is 5.97 Å². The smallest absolute Gasteiger partial charge is 0.348 e. The van der Waals surface area contributed by atoms with Gasteiger partial charge in [-0.3, -0.25) is 9.59 Å². The van der Waals surface area contributed by atoms with Gasteiger partial charge in [0.25, 0.3) is 11.8 Å². The lowest BCUT2D eigenvalue weighted by atomic mass is 10.1. The molecule has 1 atom stereocenters. The summed E-state index contributed by atoms with van der Waals surface area (Å²) in [6.45, 7) is 1.83. The average molecular weight is 426 g/mol. The van der Waals surface area contributed by atoms with Crippen LogP contribution in [-0.4, -0.2) is 24.9 Å². The maximum Gasteiger partial charge on any atom is 0.348 e. The van der Waals surface area contributed by atoms with Crippen LogP contribution < -0.4 is 10.6 Å². The predicted octanol–water partition coefficient (Wildman–Crippen LogP) is 4.42. The first-order valence-electron chi connectivity index (χ1n) is 9.03. The van der Waals surface area contributed by atoms with Gasteiger partial charge in [0, 0.05) is 11.3 Å². The van der Waals surface area contributed by atoms with Crippen molar-refractivity contribution in [2.75, 3.05) is 12.4 Å². The minimum absolute atomic E-state index is 0.289. The Morgan fingerprint density at radius 3 is 2.17 bits per heavy atom. The predicted molar refractivity (Wildman–Crippen MR) is 112 cm³/mol. The van der Waals surface area contributed by atoms with E-state index in [0.717, 1.165) is 16.9 Å². The lowest BCUT2D eigenvalue weighted by molar-refractivity contribution is 0.0606. The molecule has 1 aromatic heterocycles. The third-order valence-electron chi connectivity index (χ3n) is 4.34. The van der Waals surface area contributed by atoms with Crippen LogP contribution in [0.5, 0.6) is 0 Å². The van der Waals surface area contributed by atoms with Gasteiger partial charge in [-0.25, -0.2) is 9.18 Å². The number of hydrogen-bond donors (Lipinski definition) is 2. The number of methoxy groups -OCH3 is 1. The van der Waals surface area contributed by atoms with Gasteiger partial charge in [0.05, 0.1) is 18.0 Å². The standard InChI is InChI=1S/C22H19FN2O4S/c1-13(24-21(27)18-11-12-19(30-18)22(28)29-2)14-5-9-17(10-6-14)25-20(26)15-3-7-16(23)8-4-15/h3-13H,1-2H3,(H,24,27)(H,25,26). The highest BCUT2D eigenvalue weighted by Crippen LogP contribution is 2.20. The summed E-state index contributed by atoms with van der Waals surface area (Å²) in [5, 5.41) is 5.61. The summed E-state index contributed by atoms with van der Waals surface area (Å²) in [5.41, 5.74) is 1.77. The Hall–Kier alpha value is -3.52. The molecular weight excluding hydrogens is 407 g/mol. The van der Waals surface area contributed by atoms with Gasteiger partial charge in [-0.05, 0) is 61.0 Å². The molecule has 2 aromatic carbocycles. The normalized spacial score (nSPS) is 11.4. The van der Waals surface area contributed by atoms with Crippen molar-refractivity contribution in [1.82, 2.24) is 5.32 Å². The third-order valence-corrected chi connectivity index (χ3v) is 5.40. The molecule has 2 N–H and O–H groups in total. The van der Waals surface area contributed by atoms with Gasteiger partial charge in [-0.2, -0.15) is 0 Å². The molecule has 0 aliphatic carbocycles. The van der Waals surface area contributed by atoms with E-state index in [1.165, 1.54) is 31.4 Å². The van der Waals surface area contributed by atoms with E-state index in [9.17, 15) is 18.8 Å². The molecule has 0 aliphatic heterocycles. The van der Waals surface area contributed by atoms with Crippen molar-refractivity contribution in [2.24, 2.45) is 0 Å². The summed E-state index contributed by atoms with van der Waals surface area (Å²) >= 11 is 1.06. The highest BCUT2D eigenvalue weighted by molar-refractivity contribution is 7.15. The second kappa shape index (κ2) is 9.32. The topological polar surface area (TPSA) is 84.5 Å². The van der Waals surface area contributed by atoms with E-state index in [1.807, 2.05) is 6.92 Å². The molecule has 3 aromatic rings. The lowest BCUT2D eigenvalue weighted by Crippen LogP contribution is -2.25. The fourth-order valence-electron chi connectivity index (χ4n) is 2.68. The fourth-order valence-corrected chi connectivity index (χ4v) is 3.51. The second-order valence-corrected chi connectivity index (χ2v) is 7.52. The van der Waals surface area contributed by atoms with E-state index < -0.39 is 11.8 Å². The molecule has 3 rings (SSSR count).